The Morgan fingerprint density at radius 3 is 3.08 bits per heavy atom. The van der Waals surface area contributed by atoms with Crippen molar-refractivity contribution in [2.24, 2.45) is 0 Å². The Labute approximate surface area is 142 Å². The lowest BCUT2D eigenvalue weighted by atomic mass is 9.89. The summed E-state index contributed by atoms with van der Waals surface area (Å²) in [6.07, 6.45) is 4.11. The summed E-state index contributed by atoms with van der Waals surface area (Å²) in [5.41, 5.74) is -0.222. The zero-order chi connectivity index (χ0) is 17.2. The quantitative estimate of drug-likeness (QED) is 0.883. The average Bonchev–Trinajstić information content (AvgIpc) is 2.98. The molecule has 0 saturated carbocycles. The van der Waals surface area contributed by atoms with E-state index in [0.29, 0.717) is 12.5 Å². The normalized spacial score (nSPS) is 26.5. The second-order valence-corrected chi connectivity index (χ2v) is 6.66. The molecule has 2 amide bonds. The molecule has 1 aromatic heterocycles. The second kappa shape index (κ2) is 6.80. The minimum atomic E-state index is -0.222. The van der Waals surface area contributed by atoms with Gasteiger partial charge >= 0.3 is 6.03 Å². The number of nitrogens with zero attached hydrogens (tertiary/aromatic N) is 4. The van der Waals surface area contributed by atoms with Gasteiger partial charge in [0.25, 0.3) is 0 Å². The van der Waals surface area contributed by atoms with Crippen LogP contribution in [0.15, 0.2) is 12.4 Å². The molecule has 2 atom stereocenters. The summed E-state index contributed by atoms with van der Waals surface area (Å²) < 4.78 is 11.3. The molecule has 0 radical (unpaired) electrons. The molecule has 0 bridgehead atoms. The first kappa shape index (κ1) is 16.8. The molecule has 132 valence electrons. The van der Waals surface area contributed by atoms with Crippen molar-refractivity contribution in [1.29, 1.82) is 0 Å². The number of rotatable bonds is 3. The Kier molecular flexibility index (Phi) is 4.75. The third-order valence-electron chi connectivity index (χ3n) is 4.70. The molecule has 2 saturated heterocycles. The second-order valence-electron chi connectivity index (χ2n) is 6.66. The standard InChI is InChI=1S/C16H25N5O3/c1-20(2)15(22)19-12-4-7-24-16(9-12)5-6-21(10-16)13-8-14(23-3)18-11-17-13/h8,11-12H,4-7,9-10H2,1-3H3,(H,19,22)/t12-,16+/m0/s1. The number of methoxy groups -OCH3 is 1. The number of carbonyl (C=O) groups excluding carboxylic acids is 1. The predicted molar refractivity (Wildman–Crippen MR) is 89.3 cm³/mol. The van der Waals surface area contributed by atoms with Gasteiger partial charge in [-0.3, -0.25) is 0 Å². The minimum Gasteiger partial charge on any atom is -0.481 e. The van der Waals surface area contributed by atoms with Crippen molar-refractivity contribution < 1.29 is 14.3 Å². The van der Waals surface area contributed by atoms with Gasteiger partial charge in [0.05, 0.1) is 12.7 Å². The average molecular weight is 335 g/mol. The number of urea groups is 1. The van der Waals surface area contributed by atoms with Gasteiger partial charge in [0.15, 0.2) is 0 Å². The molecule has 2 aliphatic rings. The molecule has 8 nitrogen and oxygen atoms in total. The third-order valence-corrected chi connectivity index (χ3v) is 4.70. The van der Waals surface area contributed by atoms with Crippen LogP contribution >= 0.6 is 0 Å². The molecular formula is C16H25N5O3. The highest BCUT2D eigenvalue weighted by Gasteiger charge is 2.44. The van der Waals surface area contributed by atoms with Crippen LogP contribution in [-0.2, 0) is 4.74 Å². The van der Waals surface area contributed by atoms with Gasteiger partial charge in [-0.05, 0) is 19.3 Å². The Balaban J connectivity index is 1.65. The smallest absolute Gasteiger partial charge is 0.317 e. The number of hydrogen-bond donors (Lipinski definition) is 1. The van der Waals surface area contributed by atoms with Crippen molar-refractivity contribution in [3.8, 4) is 5.88 Å². The fraction of sp³-hybridized carbons (Fsp3) is 0.688. The highest BCUT2D eigenvalue weighted by Crippen LogP contribution is 2.36. The third kappa shape index (κ3) is 3.53. The molecule has 8 heteroatoms. The van der Waals surface area contributed by atoms with Crippen LogP contribution in [-0.4, -0.2) is 73.4 Å². The topological polar surface area (TPSA) is 79.8 Å². The van der Waals surface area contributed by atoms with Crippen molar-refractivity contribution in [2.45, 2.75) is 30.9 Å². The van der Waals surface area contributed by atoms with Crippen LogP contribution in [0.5, 0.6) is 5.88 Å². The van der Waals surface area contributed by atoms with Crippen molar-refractivity contribution in [3.05, 3.63) is 12.4 Å². The highest BCUT2D eigenvalue weighted by atomic mass is 16.5. The molecule has 0 unspecified atom stereocenters. The van der Waals surface area contributed by atoms with Crippen LogP contribution in [0, 0.1) is 0 Å². The summed E-state index contributed by atoms with van der Waals surface area (Å²) in [6.45, 7) is 2.30. The molecule has 2 aliphatic heterocycles. The van der Waals surface area contributed by atoms with Gasteiger partial charge in [-0.2, -0.15) is 0 Å². The van der Waals surface area contributed by atoms with E-state index in [1.807, 2.05) is 6.07 Å². The monoisotopic (exact) mass is 335 g/mol. The number of carbonyl (C=O) groups is 1. The zero-order valence-electron chi connectivity index (χ0n) is 14.5. The number of nitrogens with one attached hydrogen (secondary N) is 1. The lowest BCUT2D eigenvalue weighted by molar-refractivity contribution is -0.0720. The van der Waals surface area contributed by atoms with E-state index in [0.717, 1.165) is 38.2 Å². The summed E-state index contributed by atoms with van der Waals surface area (Å²) in [6, 6.07) is 1.94. The van der Waals surface area contributed by atoms with E-state index < -0.39 is 0 Å². The van der Waals surface area contributed by atoms with Crippen LogP contribution in [0.3, 0.4) is 0 Å². The van der Waals surface area contributed by atoms with E-state index in [-0.39, 0.29) is 17.7 Å². The van der Waals surface area contributed by atoms with Gasteiger partial charge < -0.3 is 24.6 Å². The summed E-state index contributed by atoms with van der Waals surface area (Å²) in [5, 5.41) is 3.09. The predicted octanol–water partition coefficient (Wildman–Crippen LogP) is 0.884. The number of aromatic nitrogens is 2. The Morgan fingerprint density at radius 1 is 1.50 bits per heavy atom. The largest absolute Gasteiger partial charge is 0.481 e. The van der Waals surface area contributed by atoms with Crippen LogP contribution in [0.1, 0.15) is 19.3 Å². The Morgan fingerprint density at radius 2 is 2.33 bits per heavy atom. The van der Waals surface area contributed by atoms with E-state index in [2.05, 4.69) is 20.2 Å². The number of anilines is 1. The van der Waals surface area contributed by atoms with Gasteiger partial charge in [0.2, 0.25) is 5.88 Å². The van der Waals surface area contributed by atoms with Crippen molar-refractivity contribution >= 4 is 11.8 Å². The van der Waals surface area contributed by atoms with E-state index in [1.54, 1.807) is 26.1 Å². The molecule has 2 fully saturated rings. The van der Waals surface area contributed by atoms with Gasteiger partial charge in [-0.1, -0.05) is 0 Å². The lowest BCUT2D eigenvalue weighted by Crippen LogP contribution is -2.51. The van der Waals surface area contributed by atoms with E-state index >= 15 is 0 Å². The molecule has 1 spiro atoms. The number of amides is 2. The molecular weight excluding hydrogens is 310 g/mol. The number of ether oxygens (including phenoxy) is 2. The maximum absolute atomic E-state index is 11.9. The maximum atomic E-state index is 11.9. The van der Waals surface area contributed by atoms with Gasteiger partial charge in [0.1, 0.15) is 12.1 Å². The van der Waals surface area contributed by atoms with Crippen molar-refractivity contribution in [2.75, 3.05) is 45.8 Å². The zero-order valence-corrected chi connectivity index (χ0v) is 14.5. The van der Waals surface area contributed by atoms with Crippen LogP contribution < -0.4 is 15.0 Å². The van der Waals surface area contributed by atoms with Crippen LogP contribution in [0.25, 0.3) is 0 Å². The summed E-state index contributed by atoms with van der Waals surface area (Å²) in [7, 11) is 5.11. The van der Waals surface area contributed by atoms with E-state index in [1.165, 1.54) is 6.33 Å². The number of hydrogen-bond acceptors (Lipinski definition) is 6. The summed E-state index contributed by atoms with van der Waals surface area (Å²) in [4.78, 5) is 24.1. The van der Waals surface area contributed by atoms with Crippen LogP contribution in [0.2, 0.25) is 0 Å². The molecule has 0 aromatic carbocycles. The first-order valence-corrected chi connectivity index (χ1v) is 8.24. The minimum absolute atomic E-state index is 0.0487. The summed E-state index contributed by atoms with van der Waals surface area (Å²) >= 11 is 0. The highest BCUT2D eigenvalue weighted by molar-refractivity contribution is 5.73. The first-order chi connectivity index (χ1) is 11.5. The van der Waals surface area contributed by atoms with E-state index in [4.69, 9.17) is 9.47 Å². The summed E-state index contributed by atoms with van der Waals surface area (Å²) in [5.74, 6) is 1.41. The molecule has 3 heterocycles. The molecule has 0 aliphatic carbocycles. The molecule has 1 aromatic rings. The fourth-order valence-electron chi connectivity index (χ4n) is 3.39. The lowest BCUT2D eigenvalue weighted by Gasteiger charge is -2.38. The maximum Gasteiger partial charge on any atom is 0.317 e. The van der Waals surface area contributed by atoms with E-state index in [9.17, 15) is 4.79 Å². The Bertz CT molecular complexity index is 597. The van der Waals surface area contributed by atoms with Gasteiger partial charge in [0, 0.05) is 45.9 Å². The molecule has 1 N–H and O–H groups in total. The van der Waals surface area contributed by atoms with Gasteiger partial charge in [-0.15, -0.1) is 0 Å². The SMILES string of the molecule is COc1cc(N2CC[C@@]3(C[C@@H](NC(=O)N(C)C)CCO3)C2)ncn1. The molecule has 3 rings (SSSR count). The van der Waals surface area contributed by atoms with Gasteiger partial charge in [-0.25, -0.2) is 14.8 Å². The first-order valence-electron chi connectivity index (χ1n) is 8.24. The fourth-order valence-corrected chi connectivity index (χ4v) is 3.39. The molecule has 24 heavy (non-hydrogen) atoms. The van der Waals surface area contributed by atoms with Crippen molar-refractivity contribution in [3.63, 3.8) is 0 Å². The Hall–Kier alpha value is -2.09. The van der Waals surface area contributed by atoms with Crippen LogP contribution in [0.4, 0.5) is 10.6 Å². The van der Waals surface area contributed by atoms with Crippen molar-refractivity contribution in [1.82, 2.24) is 20.2 Å².